The lowest BCUT2D eigenvalue weighted by Crippen LogP contribution is -2.48. The molecule has 1 saturated heterocycles. The van der Waals surface area contributed by atoms with Gasteiger partial charge in [-0.15, -0.1) is 0 Å². The van der Waals surface area contributed by atoms with Crippen LogP contribution in [0.25, 0.3) is 10.9 Å². The molecule has 0 radical (unpaired) electrons. The summed E-state index contributed by atoms with van der Waals surface area (Å²) >= 11 is 0. The van der Waals surface area contributed by atoms with E-state index in [1.165, 1.54) is 22.2 Å². The number of ether oxygens (including phenoxy) is 1. The zero-order valence-electron chi connectivity index (χ0n) is 14.6. The molecule has 2 aliphatic rings. The van der Waals surface area contributed by atoms with E-state index in [9.17, 15) is 4.79 Å². The Morgan fingerprint density at radius 1 is 1.29 bits per heavy atom. The molecule has 1 amide bonds. The summed E-state index contributed by atoms with van der Waals surface area (Å²) in [6, 6.07) is 8.52. The van der Waals surface area contributed by atoms with Gasteiger partial charge >= 0.3 is 0 Å². The maximum Gasteiger partial charge on any atom is 0.222 e. The molecule has 0 saturated carbocycles. The summed E-state index contributed by atoms with van der Waals surface area (Å²) < 4.78 is 6.30. The molecular formula is C20H26N2O2. The van der Waals surface area contributed by atoms with Crippen molar-refractivity contribution in [1.29, 1.82) is 0 Å². The number of carbonyl (C=O) groups excluding carboxylic acids is 1. The zero-order chi connectivity index (χ0) is 16.7. The van der Waals surface area contributed by atoms with E-state index in [1.807, 2.05) is 4.90 Å². The monoisotopic (exact) mass is 326 g/mol. The molecule has 1 fully saturated rings. The topological polar surface area (TPSA) is 45.3 Å². The van der Waals surface area contributed by atoms with Gasteiger partial charge in [-0.3, -0.25) is 4.79 Å². The number of likely N-dealkylation sites (tertiary alicyclic amines) is 1. The normalized spacial score (nSPS) is 19.9. The van der Waals surface area contributed by atoms with E-state index in [0.29, 0.717) is 12.3 Å². The van der Waals surface area contributed by atoms with Gasteiger partial charge < -0.3 is 14.6 Å². The molecular weight excluding hydrogens is 300 g/mol. The number of carbonyl (C=O) groups is 1. The number of nitrogens with zero attached hydrogens (tertiary/aromatic N) is 1. The molecule has 4 nitrogen and oxygen atoms in total. The van der Waals surface area contributed by atoms with Crippen molar-refractivity contribution in [1.82, 2.24) is 9.88 Å². The number of para-hydroxylation sites is 1. The molecule has 4 rings (SSSR count). The molecule has 1 N–H and O–H groups in total. The first-order valence-corrected chi connectivity index (χ1v) is 9.11. The van der Waals surface area contributed by atoms with Crippen molar-refractivity contribution >= 4 is 16.8 Å². The van der Waals surface area contributed by atoms with Crippen LogP contribution in [0.1, 0.15) is 44.4 Å². The number of piperidine rings is 1. The molecule has 3 heterocycles. The van der Waals surface area contributed by atoms with Crippen molar-refractivity contribution < 1.29 is 9.53 Å². The average Bonchev–Trinajstić information content (AvgIpc) is 2.96. The average molecular weight is 326 g/mol. The Labute approximate surface area is 143 Å². The minimum Gasteiger partial charge on any atom is -0.368 e. The third kappa shape index (κ3) is 2.53. The van der Waals surface area contributed by atoms with Gasteiger partial charge in [-0.05, 0) is 36.8 Å². The maximum absolute atomic E-state index is 12.3. The largest absolute Gasteiger partial charge is 0.368 e. The summed E-state index contributed by atoms with van der Waals surface area (Å²) in [5.41, 5.74) is 3.64. The van der Waals surface area contributed by atoms with Gasteiger partial charge in [-0.25, -0.2) is 0 Å². The van der Waals surface area contributed by atoms with Crippen LogP contribution in [0.5, 0.6) is 0 Å². The fourth-order valence-electron chi connectivity index (χ4n) is 4.26. The van der Waals surface area contributed by atoms with Gasteiger partial charge in [-0.1, -0.05) is 32.0 Å². The van der Waals surface area contributed by atoms with E-state index in [-0.39, 0.29) is 11.5 Å². The Hall–Kier alpha value is -1.81. The summed E-state index contributed by atoms with van der Waals surface area (Å²) in [7, 11) is 0. The first kappa shape index (κ1) is 15.7. The van der Waals surface area contributed by atoms with Crippen molar-refractivity contribution in [3.8, 4) is 0 Å². The Morgan fingerprint density at radius 3 is 2.79 bits per heavy atom. The number of aromatic amines is 1. The highest BCUT2D eigenvalue weighted by atomic mass is 16.5. The number of nitrogens with one attached hydrogen (secondary N) is 1. The summed E-state index contributed by atoms with van der Waals surface area (Å²) in [4.78, 5) is 18.0. The number of amides is 1. The Morgan fingerprint density at radius 2 is 2.04 bits per heavy atom. The van der Waals surface area contributed by atoms with Crippen molar-refractivity contribution in [2.45, 2.75) is 45.1 Å². The predicted octanol–water partition coefficient (Wildman–Crippen LogP) is 3.60. The van der Waals surface area contributed by atoms with Crippen molar-refractivity contribution in [3.05, 3.63) is 35.5 Å². The smallest absolute Gasteiger partial charge is 0.222 e. The van der Waals surface area contributed by atoms with E-state index in [2.05, 4.69) is 43.1 Å². The van der Waals surface area contributed by atoms with E-state index in [4.69, 9.17) is 4.74 Å². The number of benzene rings is 1. The van der Waals surface area contributed by atoms with Crippen LogP contribution in [0.4, 0.5) is 0 Å². The second kappa shape index (κ2) is 5.92. The van der Waals surface area contributed by atoms with Crippen LogP contribution in [0.3, 0.4) is 0 Å². The molecule has 1 aromatic heterocycles. The van der Waals surface area contributed by atoms with Gasteiger partial charge in [0.25, 0.3) is 0 Å². The van der Waals surface area contributed by atoms with Gasteiger partial charge in [0.15, 0.2) is 0 Å². The quantitative estimate of drug-likeness (QED) is 0.916. The van der Waals surface area contributed by atoms with Gasteiger partial charge in [-0.2, -0.15) is 0 Å². The van der Waals surface area contributed by atoms with E-state index < -0.39 is 0 Å². The standard InChI is InChI=1S/C20H26N2O2/c1-14(2)13-18(23)22-10-8-20(9-11-22)19-16(7-12-24-20)15-5-3-4-6-17(15)21-19/h3-6,14,21H,7-13H2,1-2H3. The third-order valence-electron chi connectivity index (χ3n) is 5.51. The molecule has 0 bridgehead atoms. The third-order valence-corrected chi connectivity index (χ3v) is 5.51. The lowest BCUT2D eigenvalue weighted by atomic mass is 9.83. The number of H-pyrrole nitrogens is 1. The van der Waals surface area contributed by atoms with Crippen molar-refractivity contribution in [3.63, 3.8) is 0 Å². The number of fused-ring (bicyclic) bond motifs is 4. The maximum atomic E-state index is 12.3. The minimum atomic E-state index is -0.235. The van der Waals surface area contributed by atoms with E-state index >= 15 is 0 Å². The molecule has 0 atom stereocenters. The fraction of sp³-hybridized carbons (Fsp3) is 0.550. The van der Waals surface area contributed by atoms with Gasteiger partial charge in [0.1, 0.15) is 5.60 Å². The minimum absolute atomic E-state index is 0.235. The molecule has 128 valence electrons. The van der Waals surface area contributed by atoms with Crippen LogP contribution in [0.2, 0.25) is 0 Å². The number of aromatic nitrogens is 1. The summed E-state index contributed by atoms with van der Waals surface area (Å²) in [6.07, 6.45) is 3.38. The Balaban J connectivity index is 1.59. The molecule has 0 unspecified atom stereocenters. The first-order chi connectivity index (χ1) is 11.6. The predicted molar refractivity (Wildman–Crippen MR) is 94.9 cm³/mol. The Bertz CT molecular complexity index is 754. The number of hydrogen-bond acceptors (Lipinski definition) is 2. The van der Waals surface area contributed by atoms with Crippen LogP contribution in [-0.2, 0) is 21.6 Å². The SMILES string of the molecule is CC(C)CC(=O)N1CCC2(CC1)OCCc1c2[nH]c2ccccc12. The van der Waals surface area contributed by atoms with Crippen LogP contribution in [0.15, 0.2) is 24.3 Å². The molecule has 4 heteroatoms. The van der Waals surface area contributed by atoms with Crippen LogP contribution in [-0.4, -0.2) is 35.5 Å². The molecule has 24 heavy (non-hydrogen) atoms. The molecule has 1 spiro atoms. The van der Waals surface area contributed by atoms with Gasteiger partial charge in [0.05, 0.1) is 12.3 Å². The number of rotatable bonds is 2. The number of hydrogen-bond donors (Lipinski definition) is 1. The lowest BCUT2D eigenvalue weighted by molar-refractivity contribution is -0.141. The van der Waals surface area contributed by atoms with Gasteiger partial charge in [0.2, 0.25) is 5.91 Å². The van der Waals surface area contributed by atoms with Crippen molar-refractivity contribution in [2.24, 2.45) is 5.92 Å². The molecule has 1 aromatic carbocycles. The van der Waals surface area contributed by atoms with Crippen LogP contribution < -0.4 is 0 Å². The van der Waals surface area contributed by atoms with Crippen LogP contribution >= 0.6 is 0 Å². The van der Waals surface area contributed by atoms with E-state index in [1.54, 1.807) is 0 Å². The molecule has 2 aromatic rings. The highest BCUT2D eigenvalue weighted by Crippen LogP contribution is 2.43. The summed E-state index contributed by atoms with van der Waals surface area (Å²) in [6.45, 7) is 6.56. The van der Waals surface area contributed by atoms with Gasteiger partial charge in [0, 0.05) is 30.4 Å². The zero-order valence-corrected chi connectivity index (χ0v) is 14.6. The Kier molecular flexibility index (Phi) is 3.87. The summed E-state index contributed by atoms with van der Waals surface area (Å²) in [5, 5.41) is 1.33. The second-order valence-electron chi connectivity index (χ2n) is 7.60. The highest BCUT2D eigenvalue weighted by molar-refractivity contribution is 5.85. The van der Waals surface area contributed by atoms with Crippen molar-refractivity contribution in [2.75, 3.05) is 19.7 Å². The highest BCUT2D eigenvalue weighted by Gasteiger charge is 2.43. The lowest BCUT2D eigenvalue weighted by Gasteiger charge is -2.44. The second-order valence-corrected chi connectivity index (χ2v) is 7.60. The molecule has 0 aliphatic carbocycles. The van der Waals surface area contributed by atoms with Crippen LogP contribution in [0, 0.1) is 5.92 Å². The van der Waals surface area contributed by atoms with E-state index in [0.717, 1.165) is 39.0 Å². The fourth-order valence-corrected chi connectivity index (χ4v) is 4.26. The molecule has 2 aliphatic heterocycles. The summed E-state index contributed by atoms with van der Waals surface area (Å²) in [5.74, 6) is 0.701. The first-order valence-electron chi connectivity index (χ1n) is 9.11.